The minimum atomic E-state index is -1.42. The van der Waals surface area contributed by atoms with E-state index in [4.69, 9.17) is 12.2 Å². The van der Waals surface area contributed by atoms with Crippen LogP contribution in [-0.2, 0) is 25.6 Å². The Labute approximate surface area is 213 Å². The third-order valence-corrected chi connectivity index (χ3v) is 7.78. The van der Waals surface area contributed by atoms with E-state index in [9.17, 15) is 24.0 Å². The maximum atomic E-state index is 13.5. The molecule has 1 spiro atoms. The van der Waals surface area contributed by atoms with Crippen LogP contribution in [0.3, 0.4) is 0 Å². The number of barbiturate groups is 1. The number of carbonyl (C=O) groups is 5. The van der Waals surface area contributed by atoms with Crippen molar-refractivity contribution >= 4 is 58.8 Å². The van der Waals surface area contributed by atoms with Crippen molar-refractivity contribution in [3.8, 4) is 0 Å². The molecule has 4 aliphatic heterocycles. The number of rotatable bonds is 3. The minimum absolute atomic E-state index is 0.0200. The molecule has 0 radical (unpaired) electrons. The summed E-state index contributed by atoms with van der Waals surface area (Å²) in [6.45, 7) is 4.45. The number of nitrogens with zero attached hydrogens (tertiary/aromatic N) is 4. The Morgan fingerprint density at radius 2 is 1.83 bits per heavy atom. The van der Waals surface area contributed by atoms with Crippen molar-refractivity contribution in [2.24, 2.45) is 5.41 Å². The first-order valence-electron chi connectivity index (χ1n) is 11.6. The first kappa shape index (κ1) is 23.9. The van der Waals surface area contributed by atoms with E-state index >= 15 is 0 Å². The average Bonchev–Trinajstić information content (AvgIpc) is 3.36. The zero-order chi connectivity index (χ0) is 25.9. The van der Waals surface area contributed by atoms with Gasteiger partial charge in [-0.3, -0.25) is 39.2 Å². The van der Waals surface area contributed by atoms with Gasteiger partial charge in [-0.2, -0.15) is 0 Å². The summed E-state index contributed by atoms with van der Waals surface area (Å²) in [5.74, 6) is -2.13. The fourth-order valence-corrected chi connectivity index (χ4v) is 6.03. The normalized spacial score (nSPS) is 24.5. The number of fused-ring (bicyclic) bond motifs is 4. The van der Waals surface area contributed by atoms with Gasteiger partial charge < -0.3 is 4.90 Å². The lowest BCUT2D eigenvalue weighted by Gasteiger charge is -2.50. The van der Waals surface area contributed by atoms with Gasteiger partial charge in [0.1, 0.15) is 5.57 Å². The van der Waals surface area contributed by atoms with Gasteiger partial charge in [0.25, 0.3) is 11.8 Å². The summed E-state index contributed by atoms with van der Waals surface area (Å²) in [7, 11) is 2.80. The average molecular weight is 508 g/mol. The number of imide groups is 2. The Kier molecular flexibility index (Phi) is 5.55. The fraction of sp³-hybridized carbons (Fsp3) is 0.360. The van der Waals surface area contributed by atoms with E-state index in [1.165, 1.54) is 31.1 Å². The number of nitrogens with one attached hydrogen (secondary N) is 1. The molecule has 186 valence electrons. The molecule has 1 aromatic carbocycles. The van der Waals surface area contributed by atoms with Crippen molar-refractivity contribution in [2.45, 2.75) is 25.3 Å². The Balaban J connectivity index is 1.58. The van der Waals surface area contributed by atoms with Gasteiger partial charge in [0, 0.05) is 32.9 Å². The number of amides is 6. The molecule has 0 aliphatic carbocycles. The second-order valence-corrected chi connectivity index (χ2v) is 9.81. The molecule has 0 bridgehead atoms. The summed E-state index contributed by atoms with van der Waals surface area (Å²) in [5, 5.41) is 2.54. The summed E-state index contributed by atoms with van der Waals surface area (Å²) < 4.78 is 0. The monoisotopic (exact) mass is 507 g/mol. The van der Waals surface area contributed by atoms with Crippen LogP contribution in [0.15, 0.2) is 36.4 Å². The van der Waals surface area contributed by atoms with Crippen LogP contribution >= 0.6 is 12.2 Å². The van der Waals surface area contributed by atoms with Gasteiger partial charge in [-0.05, 0) is 60.8 Å². The summed E-state index contributed by atoms with van der Waals surface area (Å²) in [6, 6.07) is 4.48. The predicted molar refractivity (Wildman–Crippen MR) is 135 cm³/mol. The molecule has 4 heterocycles. The minimum Gasteiger partial charge on any atom is -0.367 e. The van der Waals surface area contributed by atoms with E-state index in [1.807, 2.05) is 6.07 Å². The second-order valence-electron chi connectivity index (χ2n) is 9.42. The largest absolute Gasteiger partial charge is 0.367 e. The van der Waals surface area contributed by atoms with Gasteiger partial charge in [-0.15, -0.1) is 6.58 Å². The van der Waals surface area contributed by atoms with Crippen LogP contribution < -0.4 is 10.2 Å². The lowest BCUT2D eigenvalue weighted by molar-refractivity contribution is -0.159. The number of hydrogen-bond donors (Lipinski definition) is 1. The molecule has 10 nitrogen and oxygen atoms in total. The van der Waals surface area contributed by atoms with E-state index < -0.39 is 35.1 Å². The molecule has 11 heteroatoms. The number of thiocarbonyl (C=S) groups is 1. The van der Waals surface area contributed by atoms with Crippen molar-refractivity contribution in [1.82, 2.24) is 20.0 Å². The smallest absolute Gasteiger partial charge is 0.332 e. The van der Waals surface area contributed by atoms with Crippen molar-refractivity contribution in [2.75, 3.05) is 32.1 Å². The zero-order valence-electron chi connectivity index (χ0n) is 19.9. The van der Waals surface area contributed by atoms with Gasteiger partial charge in [-0.25, -0.2) is 4.79 Å². The van der Waals surface area contributed by atoms with E-state index in [1.54, 1.807) is 12.1 Å². The van der Waals surface area contributed by atoms with E-state index in [-0.39, 0.29) is 29.7 Å². The van der Waals surface area contributed by atoms with Crippen LogP contribution in [0.25, 0.3) is 6.08 Å². The number of urea groups is 1. The summed E-state index contributed by atoms with van der Waals surface area (Å²) >= 11 is 5.10. The van der Waals surface area contributed by atoms with Gasteiger partial charge in [0.05, 0.1) is 6.04 Å². The molecule has 36 heavy (non-hydrogen) atoms. The molecular formula is C25H25N5O5S. The highest BCUT2D eigenvalue weighted by atomic mass is 32.1. The number of hydrogen-bond acceptors (Lipinski definition) is 7. The Hall–Kier alpha value is -3.86. The van der Waals surface area contributed by atoms with Gasteiger partial charge in [-0.1, -0.05) is 12.1 Å². The molecule has 6 amide bonds. The molecule has 0 saturated carbocycles. The maximum Gasteiger partial charge on any atom is 0.332 e. The second kappa shape index (κ2) is 8.37. The molecule has 3 saturated heterocycles. The fourth-order valence-electron chi connectivity index (χ4n) is 5.78. The lowest BCUT2D eigenvalue weighted by Crippen LogP contribution is -2.70. The molecule has 0 aromatic heterocycles. The summed E-state index contributed by atoms with van der Waals surface area (Å²) in [4.78, 5) is 70.4. The molecule has 1 N–H and O–H groups in total. The Bertz CT molecular complexity index is 1280. The molecule has 3 fully saturated rings. The van der Waals surface area contributed by atoms with Crippen molar-refractivity contribution in [3.63, 3.8) is 0 Å². The quantitative estimate of drug-likeness (QED) is 0.214. The molecule has 5 rings (SSSR count). The number of anilines is 1. The first-order valence-corrected chi connectivity index (χ1v) is 12.0. The van der Waals surface area contributed by atoms with Gasteiger partial charge in [0.15, 0.2) is 10.5 Å². The van der Waals surface area contributed by atoms with Crippen LogP contribution in [0.4, 0.5) is 10.5 Å². The SMILES string of the molecule is C=CCN1C(=O)/C(=C/c2ccc3c(c2)CC2(C(=O)N(C)C(=O)N(C)C2=O)C2CCCN32)C(=O)NC1=S. The van der Waals surface area contributed by atoms with E-state index in [0.29, 0.717) is 18.5 Å². The highest BCUT2D eigenvalue weighted by Gasteiger charge is 2.63. The molecule has 1 unspecified atom stereocenters. The van der Waals surface area contributed by atoms with Crippen LogP contribution in [-0.4, -0.2) is 82.7 Å². The summed E-state index contributed by atoms with van der Waals surface area (Å²) in [5.41, 5.74) is 0.715. The highest BCUT2D eigenvalue weighted by Crippen LogP contribution is 2.49. The van der Waals surface area contributed by atoms with E-state index in [0.717, 1.165) is 27.5 Å². The maximum absolute atomic E-state index is 13.5. The first-order chi connectivity index (χ1) is 17.1. The molecule has 1 aromatic rings. The number of carbonyl (C=O) groups excluding carboxylic acids is 5. The lowest BCUT2D eigenvalue weighted by atomic mass is 9.68. The zero-order valence-corrected chi connectivity index (χ0v) is 20.8. The van der Waals surface area contributed by atoms with Crippen LogP contribution in [0.1, 0.15) is 24.0 Å². The van der Waals surface area contributed by atoms with Gasteiger partial charge >= 0.3 is 6.03 Å². The van der Waals surface area contributed by atoms with Crippen molar-refractivity contribution in [1.29, 1.82) is 0 Å². The third-order valence-electron chi connectivity index (χ3n) is 7.46. The van der Waals surface area contributed by atoms with Crippen molar-refractivity contribution in [3.05, 3.63) is 47.6 Å². The molecular weight excluding hydrogens is 482 g/mol. The Morgan fingerprint density at radius 3 is 2.50 bits per heavy atom. The van der Waals surface area contributed by atoms with E-state index in [2.05, 4.69) is 16.8 Å². The predicted octanol–water partition coefficient (Wildman–Crippen LogP) is 1.06. The van der Waals surface area contributed by atoms with Crippen molar-refractivity contribution < 1.29 is 24.0 Å². The standard InChI is InChI=1S/C25H25N5O5S/c1-4-9-30-20(32)16(19(31)26-23(30)36)12-14-7-8-17-15(11-14)13-25(18-6-5-10-29(17)18)21(33)27(2)24(35)28(3)22(25)34/h4,7-8,11-12,18H,1,5-6,9-10,13H2,2-3H3,(H,26,31,36)/b16-12+. The summed E-state index contributed by atoms with van der Waals surface area (Å²) in [6.07, 6.45) is 4.58. The number of benzene rings is 1. The third kappa shape index (κ3) is 3.22. The highest BCUT2D eigenvalue weighted by molar-refractivity contribution is 7.80. The Morgan fingerprint density at radius 1 is 1.14 bits per heavy atom. The van der Waals surface area contributed by atoms with Crippen LogP contribution in [0.2, 0.25) is 0 Å². The molecule has 1 atom stereocenters. The van der Waals surface area contributed by atoms with Gasteiger partial charge in [0.2, 0.25) is 11.8 Å². The molecule has 4 aliphatic rings. The van der Waals surface area contributed by atoms with Crippen LogP contribution in [0.5, 0.6) is 0 Å². The van der Waals surface area contributed by atoms with Crippen LogP contribution in [0, 0.1) is 5.41 Å². The topological polar surface area (TPSA) is 110 Å².